The molecule has 2 aromatic carbocycles. The van der Waals surface area contributed by atoms with Gasteiger partial charge in [-0.3, -0.25) is 28.9 Å². The standard InChI is InChI=1S/C46H53N9O3S/c1-33-11-12-36(26-47-33)43-48-27-38(59-43)29-52-17-13-39(41(30-52)35-8-4-3-5-9-35)44(56)53-19-15-46(58,16-20-53)31-54-32-49-42-40(45(54)57)14-18-55(42)37-10-6-7-34(25-37)28-51-23-21-50(2)22-24-51/h3-12,14,18,25-27,32,39,41,58H,13,15-17,19-24,28-31H2,1-2H3/t39-,41+/m1/s1. The van der Waals surface area contributed by atoms with Crippen molar-refractivity contribution in [1.82, 2.24) is 43.7 Å². The summed E-state index contributed by atoms with van der Waals surface area (Å²) in [7, 11) is 2.17. The van der Waals surface area contributed by atoms with Crippen molar-refractivity contribution >= 4 is 28.3 Å². The molecule has 3 fully saturated rings. The molecular formula is C46H53N9O3S. The Balaban J connectivity index is 0.839. The number of rotatable bonds is 10. The third kappa shape index (κ3) is 8.66. The van der Waals surface area contributed by atoms with Crippen molar-refractivity contribution < 1.29 is 9.90 Å². The van der Waals surface area contributed by atoms with E-state index in [0.717, 1.165) is 80.7 Å². The van der Waals surface area contributed by atoms with Crippen molar-refractivity contribution in [3.05, 3.63) is 130 Å². The van der Waals surface area contributed by atoms with Gasteiger partial charge in [0.25, 0.3) is 5.56 Å². The molecule has 1 amide bonds. The van der Waals surface area contributed by atoms with E-state index in [1.54, 1.807) is 22.2 Å². The van der Waals surface area contributed by atoms with Gasteiger partial charge in [-0.2, -0.15) is 0 Å². The van der Waals surface area contributed by atoms with Crippen LogP contribution in [0.5, 0.6) is 0 Å². The first kappa shape index (κ1) is 39.4. The predicted molar refractivity (Wildman–Crippen MR) is 232 cm³/mol. The van der Waals surface area contributed by atoms with E-state index in [9.17, 15) is 14.7 Å². The normalized spacial score (nSPS) is 20.6. The van der Waals surface area contributed by atoms with Crippen LogP contribution in [-0.2, 0) is 24.4 Å². The van der Waals surface area contributed by atoms with Crippen LogP contribution < -0.4 is 5.56 Å². The van der Waals surface area contributed by atoms with E-state index < -0.39 is 5.60 Å². The second-order valence-electron chi connectivity index (χ2n) is 16.9. The van der Waals surface area contributed by atoms with Gasteiger partial charge in [-0.05, 0) is 81.2 Å². The molecule has 3 aliphatic heterocycles. The van der Waals surface area contributed by atoms with Crippen molar-refractivity contribution in [3.63, 3.8) is 0 Å². The van der Waals surface area contributed by atoms with E-state index in [1.165, 1.54) is 16.0 Å². The zero-order valence-corrected chi connectivity index (χ0v) is 34.8. The summed E-state index contributed by atoms with van der Waals surface area (Å²) in [6.45, 7) is 10.5. The van der Waals surface area contributed by atoms with E-state index in [4.69, 9.17) is 9.97 Å². The zero-order valence-electron chi connectivity index (χ0n) is 34.0. The van der Waals surface area contributed by atoms with Gasteiger partial charge < -0.3 is 19.5 Å². The third-order valence-electron chi connectivity index (χ3n) is 12.7. The van der Waals surface area contributed by atoms with E-state index in [0.29, 0.717) is 37.0 Å². The first-order valence-electron chi connectivity index (χ1n) is 20.9. The maximum atomic E-state index is 14.3. The highest BCUT2D eigenvalue weighted by Crippen LogP contribution is 2.37. The Bertz CT molecular complexity index is 2450. The van der Waals surface area contributed by atoms with Gasteiger partial charge in [-0.25, -0.2) is 9.97 Å². The van der Waals surface area contributed by atoms with Gasteiger partial charge in [-0.1, -0.05) is 42.5 Å². The Morgan fingerprint density at radius 1 is 0.864 bits per heavy atom. The summed E-state index contributed by atoms with van der Waals surface area (Å²) in [5.41, 5.74) is 4.69. The molecule has 6 aromatic rings. The molecule has 7 heterocycles. The number of benzene rings is 2. The average Bonchev–Trinajstić information content (AvgIpc) is 3.92. The molecule has 4 aromatic heterocycles. The molecule has 1 N–H and O–H groups in total. The van der Waals surface area contributed by atoms with Crippen LogP contribution in [0.1, 0.15) is 46.9 Å². The topological polar surface area (TPSA) is 116 Å². The van der Waals surface area contributed by atoms with Crippen LogP contribution in [0, 0.1) is 12.8 Å². The molecule has 0 saturated carbocycles. The summed E-state index contributed by atoms with van der Waals surface area (Å²) in [4.78, 5) is 52.5. The van der Waals surface area contributed by atoms with Crippen LogP contribution in [0.4, 0.5) is 0 Å². The molecule has 59 heavy (non-hydrogen) atoms. The summed E-state index contributed by atoms with van der Waals surface area (Å²) in [6, 6.07) is 24.8. The van der Waals surface area contributed by atoms with Gasteiger partial charge in [-0.15, -0.1) is 11.3 Å². The second-order valence-corrected chi connectivity index (χ2v) is 18.0. The zero-order chi connectivity index (χ0) is 40.5. The number of aryl methyl sites for hydroxylation is 1. The molecule has 306 valence electrons. The molecule has 3 aliphatic rings. The minimum Gasteiger partial charge on any atom is -0.388 e. The number of nitrogens with zero attached hydrogens (tertiary/aromatic N) is 9. The van der Waals surface area contributed by atoms with Crippen molar-refractivity contribution in [2.45, 2.75) is 57.3 Å². The Hall–Kier alpha value is -5.05. The average molecular weight is 812 g/mol. The lowest BCUT2D eigenvalue weighted by Crippen LogP contribution is -2.53. The number of aromatic nitrogens is 5. The van der Waals surface area contributed by atoms with Gasteiger partial charge in [0, 0.05) is 111 Å². The molecule has 12 nitrogen and oxygen atoms in total. The largest absolute Gasteiger partial charge is 0.388 e. The third-order valence-corrected chi connectivity index (χ3v) is 13.7. The van der Waals surface area contributed by atoms with Gasteiger partial charge in [0.1, 0.15) is 11.3 Å². The number of hydrogen-bond acceptors (Lipinski definition) is 10. The number of piperidine rings is 2. The lowest BCUT2D eigenvalue weighted by Gasteiger charge is -2.43. The molecule has 3 saturated heterocycles. The molecule has 13 heteroatoms. The number of pyridine rings is 1. The number of likely N-dealkylation sites (N-methyl/N-ethyl adjacent to an activating group) is 1. The van der Waals surface area contributed by atoms with Crippen molar-refractivity contribution in [3.8, 4) is 16.3 Å². The smallest absolute Gasteiger partial charge is 0.262 e. The van der Waals surface area contributed by atoms with Crippen LogP contribution in [0.2, 0.25) is 0 Å². The van der Waals surface area contributed by atoms with Crippen LogP contribution >= 0.6 is 11.3 Å². The lowest BCUT2D eigenvalue weighted by molar-refractivity contribution is -0.142. The summed E-state index contributed by atoms with van der Waals surface area (Å²) in [5.74, 6) is 0.0537. The summed E-state index contributed by atoms with van der Waals surface area (Å²) < 4.78 is 3.51. The number of aliphatic hydroxyl groups is 1. The molecule has 2 atom stereocenters. The molecule has 0 unspecified atom stereocenters. The van der Waals surface area contributed by atoms with E-state index in [-0.39, 0.29) is 29.8 Å². The molecule has 0 aliphatic carbocycles. The highest BCUT2D eigenvalue weighted by molar-refractivity contribution is 7.15. The van der Waals surface area contributed by atoms with Crippen LogP contribution in [0.25, 0.3) is 27.3 Å². The summed E-state index contributed by atoms with van der Waals surface area (Å²) in [5, 5.41) is 13.3. The minimum absolute atomic E-state index is 0.0510. The fraction of sp³-hybridized carbons (Fsp3) is 0.413. The predicted octanol–water partition coefficient (Wildman–Crippen LogP) is 5.42. The number of thiazole rings is 1. The van der Waals surface area contributed by atoms with Gasteiger partial charge >= 0.3 is 0 Å². The summed E-state index contributed by atoms with van der Waals surface area (Å²) >= 11 is 1.70. The molecular weight excluding hydrogens is 759 g/mol. The number of piperazine rings is 1. The Morgan fingerprint density at radius 2 is 1.68 bits per heavy atom. The van der Waals surface area contributed by atoms with E-state index in [1.807, 2.05) is 59.2 Å². The van der Waals surface area contributed by atoms with Crippen LogP contribution in [-0.4, -0.2) is 120 Å². The lowest BCUT2D eigenvalue weighted by atomic mass is 9.79. The summed E-state index contributed by atoms with van der Waals surface area (Å²) in [6.07, 6.45) is 8.87. The number of carbonyl (C=O) groups is 1. The number of fused-ring (bicyclic) bond motifs is 1. The number of carbonyl (C=O) groups excluding carboxylic acids is 1. The molecule has 9 rings (SSSR count). The van der Waals surface area contributed by atoms with Crippen LogP contribution in [0.3, 0.4) is 0 Å². The minimum atomic E-state index is -1.12. The van der Waals surface area contributed by atoms with E-state index in [2.05, 4.69) is 75.3 Å². The molecule has 0 spiro atoms. The maximum absolute atomic E-state index is 14.3. The molecule has 0 bridgehead atoms. The highest BCUT2D eigenvalue weighted by atomic mass is 32.1. The monoisotopic (exact) mass is 811 g/mol. The number of hydrogen-bond donors (Lipinski definition) is 1. The Morgan fingerprint density at radius 3 is 2.46 bits per heavy atom. The number of amides is 1. The van der Waals surface area contributed by atoms with Crippen molar-refractivity contribution in [2.75, 3.05) is 59.4 Å². The van der Waals surface area contributed by atoms with Gasteiger partial charge in [0.2, 0.25) is 5.91 Å². The molecule has 0 radical (unpaired) electrons. The van der Waals surface area contributed by atoms with Crippen LogP contribution in [0.15, 0.2) is 103 Å². The fourth-order valence-corrected chi connectivity index (χ4v) is 10.1. The second kappa shape index (κ2) is 16.9. The van der Waals surface area contributed by atoms with E-state index >= 15 is 0 Å². The highest BCUT2D eigenvalue weighted by Gasteiger charge is 2.41. The first-order chi connectivity index (χ1) is 28.7. The van der Waals surface area contributed by atoms with Crippen molar-refractivity contribution in [2.24, 2.45) is 5.92 Å². The maximum Gasteiger partial charge on any atom is 0.262 e. The Kier molecular flexibility index (Phi) is 11.3. The van der Waals surface area contributed by atoms with Gasteiger partial charge in [0.05, 0.1) is 17.5 Å². The van der Waals surface area contributed by atoms with Gasteiger partial charge in [0.15, 0.2) is 5.65 Å². The SMILES string of the molecule is Cc1ccc(-c2ncc(CN3CC[C@@H](C(=O)N4CCC(O)(Cn5cnc6c(ccn6-c6cccc(CN7CCN(C)CC7)c6)c5=O)CC4)[C@H](c4ccccc4)C3)s2)cn1. The Labute approximate surface area is 349 Å². The quantitative estimate of drug-likeness (QED) is 0.194. The fourth-order valence-electron chi connectivity index (χ4n) is 9.12. The first-order valence-corrected chi connectivity index (χ1v) is 21.7. The van der Waals surface area contributed by atoms with Crippen molar-refractivity contribution in [1.29, 1.82) is 0 Å². The number of likely N-dealkylation sites (tertiary alicyclic amines) is 2.